The molecule has 0 unspecified atom stereocenters. The van der Waals surface area contributed by atoms with Crippen LogP contribution in [-0.4, -0.2) is 16.5 Å². The molecule has 1 N–H and O–H groups in total. The Labute approximate surface area is 105 Å². The second kappa shape index (κ2) is 4.49. The third kappa shape index (κ3) is 1.82. The summed E-state index contributed by atoms with van der Waals surface area (Å²) in [7, 11) is 0. The van der Waals surface area contributed by atoms with Gasteiger partial charge in [0.15, 0.2) is 11.6 Å². The number of hydrogen-bond acceptors (Lipinski definition) is 4. The average Bonchev–Trinajstić information content (AvgIpc) is 2.93. The molecular weight excluding hydrogens is 226 g/mol. The van der Waals surface area contributed by atoms with Crippen molar-refractivity contribution in [2.75, 3.05) is 11.9 Å². The van der Waals surface area contributed by atoms with E-state index in [0.29, 0.717) is 11.6 Å². The molecule has 3 aromatic rings. The van der Waals surface area contributed by atoms with Gasteiger partial charge in [0.05, 0.1) is 11.8 Å². The van der Waals surface area contributed by atoms with Crippen LogP contribution in [0.15, 0.2) is 47.1 Å². The van der Waals surface area contributed by atoms with Crippen molar-refractivity contribution in [2.45, 2.75) is 6.92 Å². The molecule has 0 radical (unpaired) electrons. The minimum atomic E-state index is 0.606. The molecule has 0 spiro atoms. The van der Waals surface area contributed by atoms with Gasteiger partial charge in [-0.25, -0.2) is 9.97 Å². The molecule has 0 amide bonds. The summed E-state index contributed by atoms with van der Waals surface area (Å²) >= 11 is 0. The molecule has 0 bridgehead atoms. The summed E-state index contributed by atoms with van der Waals surface area (Å²) in [4.78, 5) is 9.03. The van der Waals surface area contributed by atoms with Crippen LogP contribution in [0.25, 0.3) is 22.5 Å². The highest BCUT2D eigenvalue weighted by Gasteiger charge is 2.09. The second-order valence-electron chi connectivity index (χ2n) is 3.92. The SMILES string of the molecule is CCNc1nc(-c2ccco2)nc2ccccc12. The van der Waals surface area contributed by atoms with Crippen LogP contribution in [-0.2, 0) is 0 Å². The van der Waals surface area contributed by atoms with Crippen LogP contribution >= 0.6 is 0 Å². The number of nitrogens with zero attached hydrogens (tertiary/aromatic N) is 2. The zero-order valence-electron chi connectivity index (χ0n) is 10.1. The molecule has 4 heteroatoms. The van der Waals surface area contributed by atoms with E-state index in [1.807, 2.05) is 43.3 Å². The first kappa shape index (κ1) is 10.8. The lowest BCUT2D eigenvalue weighted by Gasteiger charge is -2.08. The van der Waals surface area contributed by atoms with E-state index in [0.717, 1.165) is 23.3 Å². The number of nitrogens with one attached hydrogen (secondary N) is 1. The van der Waals surface area contributed by atoms with Crippen molar-refractivity contribution in [1.29, 1.82) is 0 Å². The Morgan fingerprint density at radius 1 is 1.11 bits per heavy atom. The summed E-state index contributed by atoms with van der Waals surface area (Å²) in [6, 6.07) is 11.6. The fraction of sp³-hybridized carbons (Fsp3) is 0.143. The average molecular weight is 239 g/mol. The van der Waals surface area contributed by atoms with Crippen LogP contribution < -0.4 is 5.32 Å². The van der Waals surface area contributed by atoms with Crippen molar-refractivity contribution >= 4 is 16.7 Å². The molecule has 4 nitrogen and oxygen atoms in total. The van der Waals surface area contributed by atoms with Gasteiger partial charge in [0, 0.05) is 11.9 Å². The first-order chi connectivity index (χ1) is 8.88. The van der Waals surface area contributed by atoms with E-state index in [1.165, 1.54) is 0 Å². The Kier molecular flexibility index (Phi) is 2.68. The van der Waals surface area contributed by atoms with E-state index < -0.39 is 0 Å². The molecule has 1 aromatic carbocycles. The Hall–Kier alpha value is -2.36. The second-order valence-corrected chi connectivity index (χ2v) is 3.92. The van der Waals surface area contributed by atoms with Gasteiger partial charge < -0.3 is 9.73 Å². The Morgan fingerprint density at radius 2 is 2.00 bits per heavy atom. The summed E-state index contributed by atoms with van der Waals surface area (Å²) in [6.45, 7) is 2.86. The van der Waals surface area contributed by atoms with Gasteiger partial charge in [-0.05, 0) is 31.2 Å². The van der Waals surface area contributed by atoms with Gasteiger partial charge in [-0.3, -0.25) is 0 Å². The summed E-state index contributed by atoms with van der Waals surface area (Å²) < 4.78 is 5.35. The molecule has 0 fully saturated rings. The summed E-state index contributed by atoms with van der Waals surface area (Å²) in [5, 5.41) is 4.28. The highest BCUT2D eigenvalue weighted by atomic mass is 16.3. The van der Waals surface area contributed by atoms with Gasteiger partial charge in [-0.1, -0.05) is 12.1 Å². The van der Waals surface area contributed by atoms with Crippen LogP contribution in [0.2, 0.25) is 0 Å². The van der Waals surface area contributed by atoms with Gasteiger partial charge in [0.25, 0.3) is 0 Å². The Bertz CT molecular complexity index is 662. The van der Waals surface area contributed by atoms with E-state index in [-0.39, 0.29) is 0 Å². The highest BCUT2D eigenvalue weighted by Crippen LogP contribution is 2.24. The van der Waals surface area contributed by atoms with Gasteiger partial charge >= 0.3 is 0 Å². The minimum Gasteiger partial charge on any atom is -0.461 e. The van der Waals surface area contributed by atoms with Crippen LogP contribution in [0.5, 0.6) is 0 Å². The smallest absolute Gasteiger partial charge is 0.198 e. The number of aromatic nitrogens is 2. The molecule has 2 aromatic heterocycles. The van der Waals surface area contributed by atoms with E-state index in [4.69, 9.17) is 4.42 Å². The first-order valence-electron chi connectivity index (χ1n) is 5.93. The number of para-hydroxylation sites is 1. The number of fused-ring (bicyclic) bond motifs is 1. The molecule has 0 aliphatic carbocycles. The quantitative estimate of drug-likeness (QED) is 0.761. The van der Waals surface area contributed by atoms with Crippen LogP contribution in [0.1, 0.15) is 6.92 Å². The summed E-state index contributed by atoms with van der Waals surface area (Å²) in [5.74, 6) is 2.13. The van der Waals surface area contributed by atoms with E-state index in [2.05, 4.69) is 15.3 Å². The zero-order chi connectivity index (χ0) is 12.4. The van der Waals surface area contributed by atoms with Gasteiger partial charge in [0.1, 0.15) is 5.82 Å². The number of rotatable bonds is 3. The van der Waals surface area contributed by atoms with E-state index in [9.17, 15) is 0 Å². The molecule has 3 rings (SSSR count). The Balaban J connectivity index is 2.23. The molecule has 18 heavy (non-hydrogen) atoms. The first-order valence-corrected chi connectivity index (χ1v) is 5.93. The molecule has 0 aliphatic heterocycles. The predicted octanol–water partition coefficient (Wildman–Crippen LogP) is 3.32. The minimum absolute atomic E-state index is 0.606. The standard InChI is InChI=1S/C14H13N3O/c1-2-15-13-10-6-3-4-7-11(10)16-14(17-13)12-8-5-9-18-12/h3-9H,2H2,1H3,(H,15,16,17). The molecule has 0 saturated carbocycles. The third-order valence-corrected chi connectivity index (χ3v) is 2.69. The number of hydrogen-bond donors (Lipinski definition) is 1. The number of benzene rings is 1. The van der Waals surface area contributed by atoms with Gasteiger partial charge in [-0.15, -0.1) is 0 Å². The van der Waals surface area contributed by atoms with Crippen molar-refractivity contribution in [3.8, 4) is 11.6 Å². The van der Waals surface area contributed by atoms with Gasteiger partial charge in [-0.2, -0.15) is 0 Å². The zero-order valence-corrected chi connectivity index (χ0v) is 10.1. The topological polar surface area (TPSA) is 51.0 Å². The van der Waals surface area contributed by atoms with Crippen molar-refractivity contribution in [3.05, 3.63) is 42.7 Å². The molecule has 0 aliphatic rings. The number of furan rings is 1. The normalized spacial score (nSPS) is 10.7. The fourth-order valence-corrected chi connectivity index (χ4v) is 1.89. The molecule has 90 valence electrons. The molecule has 0 atom stereocenters. The van der Waals surface area contributed by atoms with Crippen LogP contribution in [0.3, 0.4) is 0 Å². The van der Waals surface area contributed by atoms with Crippen molar-refractivity contribution in [1.82, 2.24) is 9.97 Å². The molecule has 2 heterocycles. The molecule has 0 saturated heterocycles. The van der Waals surface area contributed by atoms with E-state index >= 15 is 0 Å². The lowest BCUT2D eigenvalue weighted by atomic mass is 10.2. The third-order valence-electron chi connectivity index (χ3n) is 2.69. The lowest BCUT2D eigenvalue weighted by molar-refractivity contribution is 0.577. The summed E-state index contributed by atoms with van der Waals surface area (Å²) in [6.07, 6.45) is 1.63. The van der Waals surface area contributed by atoms with Crippen LogP contribution in [0, 0.1) is 0 Å². The predicted molar refractivity (Wildman–Crippen MR) is 71.4 cm³/mol. The summed E-state index contributed by atoms with van der Waals surface area (Å²) in [5.41, 5.74) is 0.912. The fourth-order valence-electron chi connectivity index (χ4n) is 1.89. The van der Waals surface area contributed by atoms with Crippen molar-refractivity contribution < 1.29 is 4.42 Å². The molecular formula is C14H13N3O. The maximum atomic E-state index is 5.35. The maximum absolute atomic E-state index is 5.35. The highest BCUT2D eigenvalue weighted by molar-refractivity contribution is 5.90. The van der Waals surface area contributed by atoms with Crippen molar-refractivity contribution in [3.63, 3.8) is 0 Å². The Morgan fingerprint density at radius 3 is 2.78 bits per heavy atom. The monoisotopic (exact) mass is 239 g/mol. The van der Waals surface area contributed by atoms with Gasteiger partial charge in [0.2, 0.25) is 0 Å². The van der Waals surface area contributed by atoms with Crippen LogP contribution in [0.4, 0.5) is 5.82 Å². The largest absolute Gasteiger partial charge is 0.461 e. The number of anilines is 1. The van der Waals surface area contributed by atoms with E-state index in [1.54, 1.807) is 6.26 Å². The maximum Gasteiger partial charge on any atom is 0.198 e. The van der Waals surface area contributed by atoms with Crippen molar-refractivity contribution in [2.24, 2.45) is 0 Å². The lowest BCUT2D eigenvalue weighted by Crippen LogP contribution is -2.02.